The molecule has 6 heteroatoms. The van der Waals surface area contributed by atoms with Crippen LogP contribution in [-0.2, 0) is 0 Å². The Morgan fingerprint density at radius 2 is 1.74 bits per heavy atom. The molecule has 2 fully saturated rings. The van der Waals surface area contributed by atoms with Gasteiger partial charge in [0.25, 0.3) is 17.7 Å². The smallest absolute Gasteiger partial charge is 0.261 e. The first-order valence-electron chi connectivity index (χ1n) is 10.1. The monoisotopic (exact) mass is 369 g/mol. The maximum atomic E-state index is 12.9. The Morgan fingerprint density at radius 1 is 1.00 bits per heavy atom. The average Bonchev–Trinajstić information content (AvgIpc) is 3.24. The van der Waals surface area contributed by atoms with Crippen molar-refractivity contribution in [2.45, 2.75) is 63.5 Å². The summed E-state index contributed by atoms with van der Waals surface area (Å²) in [5.74, 6) is -0.349. The molecular formula is C21H27N3O3. The standard InChI is InChI=1S/C21H27N3O3/c22-12-14-5-4-8-18(14)23-19(25)13-9-10-16-17(11-13)21(27)24(20(16)26)15-6-2-1-3-7-15/h9-11,14-15,18H,1-8,12,22H2,(H,23,25). The first-order chi connectivity index (χ1) is 13.1. The minimum atomic E-state index is -0.253. The van der Waals surface area contributed by atoms with Crippen LogP contribution in [0.25, 0.3) is 0 Å². The second kappa shape index (κ2) is 7.43. The second-order valence-corrected chi connectivity index (χ2v) is 8.04. The summed E-state index contributed by atoms with van der Waals surface area (Å²) in [6, 6.07) is 4.94. The molecular weight excluding hydrogens is 342 g/mol. The SMILES string of the molecule is NCC1CCCC1NC(=O)c1ccc2c(c1)C(=O)N(C1CCCCC1)C2=O. The van der Waals surface area contributed by atoms with E-state index < -0.39 is 0 Å². The number of carbonyl (C=O) groups is 3. The summed E-state index contributed by atoms with van der Waals surface area (Å²) in [5, 5.41) is 3.06. The van der Waals surface area contributed by atoms with Gasteiger partial charge in [0, 0.05) is 17.6 Å². The number of benzene rings is 1. The number of nitrogens with two attached hydrogens (primary N) is 1. The van der Waals surface area contributed by atoms with Gasteiger partial charge in [-0.15, -0.1) is 0 Å². The van der Waals surface area contributed by atoms with Gasteiger partial charge in [-0.3, -0.25) is 19.3 Å². The number of hydrogen-bond acceptors (Lipinski definition) is 4. The van der Waals surface area contributed by atoms with Crippen molar-refractivity contribution in [3.8, 4) is 0 Å². The van der Waals surface area contributed by atoms with Crippen molar-refractivity contribution >= 4 is 17.7 Å². The molecule has 1 aromatic rings. The molecule has 6 nitrogen and oxygen atoms in total. The molecule has 0 radical (unpaired) electrons. The lowest BCUT2D eigenvalue weighted by molar-refractivity contribution is 0.0548. The molecule has 0 aromatic heterocycles. The third-order valence-electron chi connectivity index (χ3n) is 6.40. The van der Waals surface area contributed by atoms with E-state index in [0.717, 1.165) is 51.4 Å². The predicted molar refractivity (Wildman–Crippen MR) is 101 cm³/mol. The van der Waals surface area contributed by atoms with Gasteiger partial charge < -0.3 is 11.1 Å². The minimum absolute atomic E-state index is 0.00720. The van der Waals surface area contributed by atoms with Crippen LogP contribution in [0, 0.1) is 5.92 Å². The van der Waals surface area contributed by atoms with Crippen molar-refractivity contribution in [2.75, 3.05) is 6.54 Å². The summed E-state index contributed by atoms with van der Waals surface area (Å²) in [7, 11) is 0. The van der Waals surface area contributed by atoms with E-state index in [4.69, 9.17) is 5.73 Å². The second-order valence-electron chi connectivity index (χ2n) is 8.04. The molecule has 0 spiro atoms. The Morgan fingerprint density at radius 3 is 2.48 bits per heavy atom. The summed E-state index contributed by atoms with van der Waals surface area (Å²) in [6.07, 6.45) is 8.06. The molecule has 3 N–H and O–H groups in total. The summed E-state index contributed by atoms with van der Waals surface area (Å²) in [4.78, 5) is 39.7. The highest BCUT2D eigenvalue weighted by atomic mass is 16.2. The summed E-state index contributed by atoms with van der Waals surface area (Å²) >= 11 is 0. The van der Waals surface area contributed by atoms with E-state index in [0.29, 0.717) is 29.2 Å². The van der Waals surface area contributed by atoms with E-state index in [1.807, 2.05) is 0 Å². The van der Waals surface area contributed by atoms with Gasteiger partial charge in [-0.25, -0.2) is 0 Å². The third-order valence-corrected chi connectivity index (χ3v) is 6.40. The number of nitrogens with zero attached hydrogens (tertiary/aromatic N) is 1. The van der Waals surface area contributed by atoms with E-state index in [2.05, 4.69) is 5.32 Å². The van der Waals surface area contributed by atoms with Gasteiger partial charge in [0.2, 0.25) is 0 Å². The van der Waals surface area contributed by atoms with Crippen molar-refractivity contribution < 1.29 is 14.4 Å². The van der Waals surface area contributed by atoms with Crippen LogP contribution in [0.1, 0.15) is 82.4 Å². The fourth-order valence-electron chi connectivity index (χ4n) is 4.83. The molecule has 1 aromatic carbocycles. The van der Waals surface area contributed by atoms with Crippen molar-refractivity contribution in [2.24, 2.45) is 11.7 Å². The zero-order valence-electron chi connectivity index (χ0n) is 15.6. The van der Waals surface area contributed by atoms with Crippen molar-refractivity contribution in [3.63, 3.8) is 0 Å². The fourth-order valence-corrected chi connectivity index (χ4v) is 4.83. The van der Waals surface area contributed by atoms with Crippen LogP contribution < -0.4 is 11.1 Å². The molecule has 0 saturated heterocycles. The number of fused-ring (bicyclic) bond motifs is 1. The Hall–Kier alpha value is -2.21. The van der Waals surface area contributed by atoms with Gasteiger partial charge in [-0.1, -0.05) is 25.7 Å². The molecule has 2 saturated carbocycles. The summed E-state index contributed by atoms with van der Waals surface area (Å²) in [5.41, 5.74) is 7.01. The Labute approximate surface area is 159 Å². The molecule has 1 aliphatic heterocycles. The number of amides is 3. The first-order valence-corrected chi connectivity index (χ1v) is 10.1. The largest absolute Gasteiger partial charge is 0.349 e. The molecule has 3 amide bonds. The zero-order chi connectivity index (χ0) is 19.0. The minimum Gasteiger partial charge on any atom is -0.349 e. The average molecular weight is 369 g/mol. The quantitative estimate of drug-likeness (QED) is 0.798. The first kappa shape index (κ1) is 18.2. The maximum Gasteiger partial charge on any atom is 0.261 e. The normalized spacial score (nSPS) is 25.7. The number of nitrogens with one attached hydrogen (secondary N) is 1. The van der Waals surface area contributed by atoms with Crippen molar-refractivity contribution in [1.82, 2.24) is 10.2 Å². The van der Waals surface area contributed by atoms with E-state index in [1.165, 1.54) is 4.90 Å². The van der Waals surface area contributed by atoms with Crippen LogP contribution in [0.3, 0.4) is 0 Å². The molecule has 3 aliphatic rings. The van der Waals surface area contributed by atoms with Crippen molar-refractivity contribution in [1.29, 1.82) is 0 Å². The molecule has 144 valence electrons. The predicted octanol–water partition coefficient (Wildman–Crippen LogP) is 2.47. The lowest BCUT2D eigenvalue weighted by atomic mass is 9.94. The number of imide groups is 1. The Balaban J connectivity index is 1.53. The van der Waals surface area contributed by atoms with Gasteiger partial charge >= 0.3 is 0 Å². The third kappa shape index (κ3) is 3.27. The number of hydrogen-bond donors (Lipinski definition) is 2. The van der Waals surface area contributed by atoms with Gasteiger partial charge in [-0.05, 0) is 56.3 Å². The molecule has 2 atom stereocenters. The van der Waals surface area contributed by atoms with Gasteiger partial charge in [0.1, 0.15) is 0 Å². The van der Waals surface area contributed by atoms with Crippen LogP contribution in [0.5, 0.6) is 0 Å². The highest BCUT2D eigenvalue weighted by Crippen LogP contribution is 2.31. The summed E-state index contributed by atoms with van der Waals surface area (Å²) < 4.78 is 0. The van der Waals surface area contributed by atoms with Crippen molar-refractivity contribution in [3.05, 3.63) is 34.9 Å². The molecule has 2 unspecified atom stereocenters. The number of rotatable bonds is 4. The molecule has 27 heavy (non-hydrogen) atoms. The lowest BCUT2D eigenvalue weighted by Crippen LogP contribution is -2.41. The highest BCUT2D eigenvalue weighted by Gasteiger charge is 2.40. The Bertz CT molecular complexity index is 770. The van der Waals surface area contributed by atoms with Gasteiger partial charge in [-0.2, -0.15) is 0 Å². The van der Waals surface area contributed by atoms with Gasteiger partial charge in [0.05, 0.1) is 11.1 Å². The van der Waals surface area contributed by atoms with E-state index in [-0.39, 0.29) is 29.8 Å². The lowest BCUT2D eigenvalue weighted by Gasteiger charge is -2.29. The van der Waals surface area contributed by atoms with E-state index >= 15 is 0 Å². The topological polar surface area (TPSA) is 92.5 Å². The van der Waals surface area contributed by atoms with E-state index in [9.17, 15) is 14.4 Å². The van der Waals surface area contributed by atoms with Crippen LogP contribution >= 0.6 is 0 Å². The molecule has 4 rings (SSSR count). The van der Waals surface area contributed by atoms with Crippen LogP contribution in [-0.4, -0.2) is 41.2 Å². The zero-order valence-corrected chi connectivity index (χ0v) is 15.6. The number of carbonyl (C=O) groups excluding carboxylic acids is 3. The molecule has 2 aliphatic carbocycles. The maximum absolute atomic E-state index is 12.9. The van der Waals surface area contributed by atoms with Crippen LogP contribution in [0.2, 0.25) is 0 Å². The van der Waals surface area contributed by atoms with Crippen LogP contribution in [0.4, 0.5) is 0 Å². The van der Waals surface area contributed by atoms with E-state index in [1.54, 1.807) is 18.2 Å². The van der Waals surface area contributed by atoms with Gasteiger partial charge in [0.15, 0.2) is 0 Å². The fraction of sp³-hybridized carbons (Fsp3) is 0.571. The molecule has 0 bridgehead atoms. The summed E-state index contributed by atoms with van der Waals surface area (Å²) in [6.45, 7) is 0.568. The highest BCUT2D eigenvalue weighted by molar-refractivity contribution is 6.22. The molecule has 1 heterocycles. The van der Waals surface area contributed by atoms with Crippen LogP contribution in [0.15, 0.2) is 18.2 Å². The Kier molecular flexibility index (Phi) is 5.00.